The summed E-state index contributed by atoms with van der Waals surface area (Å²) in [5.74, 6) is -0.660. The van der Waals surface area contributed by atoms with Crippen LogP contribution in [0, 0.1) is 0 Å². The second-order valence-corrected chi connectivity index (χ2v) is 3.56. The van der Waals surface area contributed by atoms with Gasteiger partial charge in [-0.2, -0.15) is 5.10 Å². The summed E-state index contributed by atoms with van der Waals surface area (Å²) in [5, 5.41) is 24.9. The fourth-order valence-electron chi connectivity index (χ4n) is 1.61. The molecular formula is C12H12N2O4. The SMILES string of the molecule is CCOc1cccc(O)c1-c1cc(C(=O)O)[nH]n1. The third-order valence-corrected chi connectivity index (χ3v) is 2.37. The predicted molar refractivity (Wildman–Crippen MR) is 63.8 cm³/mol. The first kappa shape index (κ1) is 12.0. The summed E-state index contributed by atoms with van der Waals surface area (Å²) in [6, 6.07) is 6.18. The number of nitrogens with one attached hydrogen (secondary N) is 1. The highest BCUT2D eigenvalue weighted by atomic mass is 16.5. The average Bonchev–Trinajstić information content (AvgIpc) is 2.79. The number of benzene rings is 1. The second kappa shape index (κ2) is 4.79. The van der Waals surface area contributed by atoms with Crippen molar-refractivity contribution in [3.05, 3.63) is 30.0 Å². The molecule has 0 aliphatic heterocycles. The Labute approximate surface area is 103 Å². The number of aromatic hydroxyl groups is 1. The number of rotatable bonds is 4. The Bertz CT molecular complexity index is 577. The van der Waals surface area contributed by atoms with Crippen LogP contribution in [0.2, 0.25) is 0 Å². The van der Waals surface area contributed by atoms with Crippen molar-refractivity contribution in [3.8, 4) is 22.8 Å². The van der Waals surface area contributed by atoms with Crippen LogP contribution in [-0.4, -0.2) is 33.0 Å². The largest absolute Gasteiger partial charge is 0.507 e. The highest BCUT2D eigenvalue weighted by molar-refractivity contribution is 5.87. The van der Waals surface area contributed by atoms with Gasteiger partial charge >= 0.3 is 5.97 Å². The molecule has 1 aromatic carbocycles. The molecule has 6 heteroatoms. The normalized spacial score (nSPS) is 10.3. The van der Waals surface area contributed by atoms with Crippen molar-refractivity contribution < 1.29 is 19.7 Å². The maximum atomic E-state index is 10.8. The topological polar surface area (TPSA) is 95.4 Å². The Hall–Kier alpha value is -2.50. The second-order valence-electron chi connectivity index (χ2n) is 3.56. The zero-order chi connectivity index (χ0) is 13.1. The van der Waals surface area contributed by atoms with Crippen molar-refractivity contribution >= 4 is 5.97 Å². The van der Waals surface area contributed by atoms with Crippen LogP contribution in [0.5, 0.6) is 11.5 Å². The summed E-state index contributed by atoms with van der Waals surface area (Å²) in [7, 11) is 0. The summed E-state index contributed by atoms with van der Waals surface area (Å²) in [4.78, 5) is 10.8. The Balaban J connectivity index is 2.51. The van der Waals surface area contributed by atoms with Gasteiger partial charge in [-0.25, -0.2) is 4.79 Å². The van der Waals surface area contributed by atoms with E-state index in [1.807, 2.05) is 6.92 Å². The number of aromatic nitrogens is 2. The molecule has 2 rings (SSSR count). The van der Waals surface area contributed by atoms with Crippen molar-refractivity contribution in [1.82, 2.24) is 10.2 Å². The highest BCUT2D eigenvalue weighted by Crippen LogP contribution is 2.36. The van der Waals surface area contributed by atoms with Crippen molar-refractivity contribution in [1.29, 1.82) is 0 Å². The van der Waals surface area contributed by atoms with E-state index in [2.05, 4.69) is 10.2 Å². The Morgan fingerprint density at radius 1 is 1.50 bits per heavy atom. The predicted octanol–water partition coefficient (Wildman–Crippen LogP) is 1.88. The number of aromatic amines is 1. The van der Waals surface area contributed by atoms with Gasteiger partial charge in [-0.1, -0.05) is 6.07 Å². The van der Waals surface area contributed by atoms with Crippen LogP contribution in [0.1, 0.15) is 17.4 Å². The number of carboxylic acids is 1. The standard InChI is InChI=1S/C12H12N2O4/c1-2-18-10-5-3-4-9(15)11(10)7-6-8(12(16)17)14-13-7/h3-6,15H,2H2,1H3,(H,13,14)(H,16,17). The number of phenols is 1. The number of aromatic carboxylic acids is 1. The summed E-state index contributed by atoms with van der Waals surface area (Å²) in [6.45, 7) is 2.26. The van der Waals surface area contributed by atoms with Crippen LogP contribution in [0.25, 0.3) is 11.3 Å². The van der Waals surface area contributed by atoms with E-state index in [9.17, 15) is 9.90 Å². The number of carboxylic acid groups (broad SMARTS) is 1. The van der Waals surface area contributed by atoms with E-state index in [1.165, 1.54) is 12.1 Å². The molecule has 94 valence electrons. The minimum Gasteiger partial charge on any atom is -0.507 e. The molecule has 3 N–H and O–H groups in total. The Kier molecular flexibility index (Phi) is 3.18. The number of carbonyl (C=O) groups is 1. The summed E-state index contributed by atoms with van der Waals surface area (Å²) >= 11 is 0. The number of H-pyrrole nitrogens is 1. The van der Waals surface area contributed by atoms with Crippen molar-refractivity contribution in [2.24, 2.45) is 0 Å². The van der Waals surface area contributed by atoms with E-state index in [0.29, 0.717) is 23.6 Å². The number of hydrogen-bond donors (Lipinski definition) is 3. The quantitative estimate of drug-likeness (QED) is 0.767. The average molecular weight is 248 g/mol. The molecule has 18 heavy (non-hydrogen) atoms. The van der Waals surface area contributed by atoms with Gasteiger partial charge in [-0.3, -0.25) is 5.10 Å². The molecule has 0 amide bonds. The lowest BCUT2D eigenvalue weighted by Gasteiger charge is -2.09. The van der Waals surface area contributed by atoms with Gasteiger partial charge in [0, 0.05) is 0 Å². The van der Waals surface area contributed by atoms with Gasteiger partial charge in [0.05, 0.1) is 12.2 Å². The first-order chi connectivity index (χ1) is 8.63. The van der Waals surface area contributed by atoms with Gasteiger partial charge in [0.1, 0.15) is 22.9 Å². The number of hydrogen-bond acceptors (Lipinski definition) is 4. The maximum absolute atomic E-state index is 10.8. The molecule has 0 saturated heterocycles. The molecule has 0 aliphatic carbocycles. The fraction of sp³-hybridized carbons (Fsp3) is 0.167. The Morgan fingerprint density at radius 3 is 2.89 bits per heavy atom. The molecule has 6 nitrogen and oxygen atoms in total. The summed E-state index contributed by atoms with van der Waals surface area (Å²) < 4.78 is 5.38. The maximum Gasteiger partial charge on any atom is 0.353 e. The lowest BCUT2D eigenvalue weighted by atomic mass is 10.1. The van der Waals surface area contributed by atoms with Crippen LogP contribution < -0.4 is 4.74 Å². The zero-order valence-corrected chi connectivity index (χ0v) is 9.67. The molecule has 0 spiro atoms. The van der Waals surface area contributed by atoms with Gasteiger partial charge in [0.15, 0.2) is 0 Å². The third kappa shape index (κ3) is 2.13. The van der Waals surface area contributed by atoms with Gasteiger partial charge in [0.2, 0.25) is 0 Å². The molecule has 0 radical (unpaired) electrons. The number of nitrogens with zero attached hydrogens (tertiary/aromatic N) is 1. The van der Waals surface area contributed by atoms with Gasteiger partial charge in [-0.15, -0.1) is 0 Å². The third-order valence-electron chi connectivity index (χ3n) is 2.37. The Morgan fingerprint density at radius 2 is 2.28 bits per heavy atom. The van der Waals surface area contributed by atoms with Crippen molar-refractivity contribution in [2.75, 3.05) is 6.61 Å². The minimum absolute atomic E-state index is 0.00983. The lowest BCUT2D eigenvalue weighted by Crippen LogP contribution is -1.95. The van der Waals surface area contributed by atoms with Crippen molar-refractivity contribution in [2.45, 2.75) is 6.92 Å². The van der Waals surface area contributed by atoms with Gasteiger partial charge in [0.25, 0.3) is 0 Å². The zero-order valence-electron chi connectivity index (χ0n) is 9.67. The molecule has 0 aliphatic rings. The van der Waals surface area contributed by atoms with Crippen LogP contribution in [-0.2, 0) is 0 Å². The molecule has 0 unspecified atom stereocenters. The first-order valence-corrected chi connectivity index (χ1v) is 5.37. The van der Waals surface area contributed by atoms with Crippen molar-refractivity contribution in [3.63, 3.8) is 0 Å². The molecule has 1 aromatic heterocycles. The monoisotopic (exact) mass is 248 g/mol. The molecule has 1 heterocycles. The molecule has 0 bridgehead atoms. The van der Waals surface area contributed by atoms with E-state index in [-0.39, 0.29) is 11.4 Å². The lowest BCUT2D eigenvalue weighted by molar-refractivity contribution is 0.0690. The van der Waals surface area contributed by atoms with Crippen LogP contribution in [0.3, 0.4) is 0 Å². The van der Waals surface area contributed by atoms with E-state index >= 15 is 0 Å². The summed E-state index contributed by atoms with van der Waals surface area (Å²) in [5.41, 5.74) is 0.660. The van der Waals surface area contributed by atoms with E-state index in [0.717, 1.165) is 0 Å². The van der Waals surface area contributed by atoms with Gasteiger partial charge < -0.3 is 14.9 Å². The molecule has 0 fully saturated rings. The number of ether oxygens (including phenoxy) is 1. The van der Waals surface area contributed by atoms with Crippen LogP contribution >= 0.6 is 0 Å². The van der Waals surface area contributed by atoms with Gasteiger partial charge in [-0.05, 0) is 25.1 Å². The molecule has 2 aromatic rings. The minimum atomic E-state index is -1.11. The summed E-state index contributed by atoms with van der Waals surface area (Å²) in [6.07, 6.45) is 0. The number of phenolic OH excluding ortho intramolecular Hbond substituents is 1. The van der Waals surface area contributed by atoms with E-state index in [1.54, 1.807) is 12.1 Å². The molecule has 0 atom stereocenters. The fourth-order valence-corrected chi connectivity index (χ4v) is 1.61. The first-order valence-electron chi connectivity index (χ1n) is 5.37. The highest BCUT2D eigenvalue weighted by Gasteiger charge is 2.16. The van der Waals surface area contributed by atoms with Crippen LogP contribution in [0.15, 0.2) is 24.3 Å². The smallest absolute Gasteiger partial charge is 0.353 e. The molecule has 0 saturated carbocycles. The van der Waals surface area contributed by atoms with Crippen LogP contribution in [0.4, 0.5) is 0 Å². The van der Waals surface area contributed by atoms with E-state index in [4.69, 9.17) is 9.84 Å². The molecular weight excluding hydrogens is 236 g/mol. The van der Waals surface area contributed by atoms with E-state index < -0.39 is 5.97 Å².